The molecule has 0 saturated heterocycles. The number of fused-ring (bicyclic) bond motifs is 3. The van der Waals surface area contributed by atoms with Crippen molar-refractivity contribution < 1.29 is 4.39 Å². The van der Waals surface area contributed by atoms with Crippen molar-refractivity contribution >= 4 is 0 Å². The van der Waals surface area contributed by atoms with Crippen molar-refractivity contribution in [2.45, 2.75) is 56.7 Å². The lowest BCUT2D eigenvalue weighted by Crippen LogP contribution is -2.27. The zero-order valence-corrected chi connectivity index (χ0v) is 12.3. The van der Waals surface area contributed by atoms with Crippen molar-refractivity contribution in [1.29, 1.82) is 0 Å². The quantitative estimate of drug-likeness (QED) is 0.783. The molecule has 110 valence electrons. The van der Waals surface area contributed by atoms with Gasteiger partial charge in [0, 0.05) is 5.56 Å². The van der Waals surface area contributed by atoms with Crippen molar-refractivity contribution in [3.05, 3.63) is 42.4 Å². The maximum absolute atomic E-state index is 14.9. The van der Waals surface area contributed by atoms with E-state index in [1.165, 1.54) is 23.2 Å². The SMILES string of the molecule is FC1(CC[C@@H]2c3ccccc3-c3cncn32)CCCCC1. The summed E-state index contributed by atoms with van der Waals surface area (Å²) in [6, 6.07) is 8.73. The molecule has 1 saturated carbocycles. The van der Waals surface area contributed by atoms with Crippen LogP contribution in [0.4, 0.5) is 4.39 Å². The highest BCUT2D eigenvalue weighted by Crippen LogP contribution is 2.44. The summed E-state index contributed by atoms with van der Waals surface area (Å²) >= 11 is 0. The first-order valence-corrected chi connectivity index (χ1v) is 8.07. The Labute approximate surface area is 125 Å². The maximum Gasteiger partial charge on any atom is 0.111 e. The number of hydrogen-bond donors (Lipinski definition) is 0. The van der Waals surface area contributed by atoms with Crippen molar-refractivity contribution in [3.63, 3.8) is 0 Å². The molecule has 1 aromatic heterocycles. The topological polar surface area (TPSA) is 17.8 Å². The van der Waals surface area contributed by atoms with E-state index >= 15 is 0 Å². The van der Waals surface area contributed by atoms with Crippen molar-refractivity contribution in [3.8, 4) is 11.3 Å². The van der Waals surface area contributed by atoms with Crippen LogP contribution in [-0.2, 0) is 0 Å². The van der Waals surface area contributed by atoms with Gasteiger partial charge in [0.1, 0.15) is 5.67 Å². The van der Waals surface area contributed by atoms with Gasteiger partial charge in [-0.05, 0) is 31.2 Å². The molecule has 1 atom stereocenters. The number of nitrogens with zero attached hydrogens (tertiary/aromatic N) is 2. The lowest BCUT2D eigenvalue weighted by Gasteiger charge is -2.30. The molecule has 2 nitrogen and oxygen atoms in total. The molecule has 2 aromatic rings. The van der Waals surface area contributed by atoms with Gasteiger partial charge >= 0.3 is 0 Å². The van der Waals surface area contributed by atoms with Crippen LogP contribution in [0.3, 0.4) is 0 Å². The van der Waals surface area contributed by atoms with Crippen LogP contribution < -0.4 is 0 Å². The summed E-state index contributed by atoms with van der Waals surface area (Å²) in [5.41, 5.74) is 2.83. The lowest BCUT2D eigenvalue weighted by molar-refractivity contribution is 0.0903. The van der Waals surface area contributed by atoms with Gasteiger partial charge in [0.25, 0.3) is 0 Å². The molecule has 0 bridgehead atoms. The predicted molar refractivity (Wildman–Crippen MR) is 82.0 cm³/mol. The molecular weight excluding hydrogens is 263 g/mol. The molecule has 0 spiro atoms. The summed E-state index contributed by atoms with van der Waals surface area (Å²) in [6.07, 6.45) is 10.2. The zero-order chi connectivity index (χ0) is 14.3. The van der Waals surface area contributed by atoms with Gasteiger partial charge in [-0.25, -0.2) is 9.37 Å². The lowest BCUT2D eigenvalue weighted by atomic mass is 9.82. The highest BCUT2D eigenvalue weighted by molar-refractivity contribution is 5.68. The average molecular weight is 284 g/mol. The minimum atomic E-state index is -0.934. The van der Waals surface area contributed by atoms with Crippen LogP contribution in [0, 0.1) is 0 Å². The molecule has 0 amide bonds. The molecule has 1 aromatic carbocycles. The highest BCUT2D eigenvalue weighted by atomic mass is 19.1. The van der Waals surface area contributed by atoms with Crippen molar-refractivity contribution in [1.82, 2.24) is 9.55 Å². The minimum absolute atomic E-state index is 0.258. The Balaban J connectivity index is 1.58. The second-order valence-electron chi connectivity index (χ2n) is 6.54. The van der Waals surface area contributed by atoms with Crippen LogP contribution >= 0.6 is 0 Å². The molecule has 0 radical (unpaired) electrons. The molecule has 2 aliphatic rings. The number of halogens is 1. The first kappa shape index (κ1) is 13.1. The fraction of sp³-hybridized carbons (Fsp3) is 0.500. The molecule has 21 heavy (non-hydrogen) atoms. The van der Waals surface area contributed by atoms with E-state index in [0.29, 0.717) is 6.42 Å². The number of imidazole rings is 1. The number of alkyl halides is 1. The molecule has 1 aliphatic carbocycles. The highest BCUT2D eigenvalue weighted by Gasteiger charge is 2.35. The zero-order valence-electron chi connectivity index (χ0n) is 12.3. The third kappa shape index (κ3) is 2.19. The van der Waals surface area contributed by atoms with Crippen LogP contribution in [0.15, 0.2) is 36.8 Å². The molecule has 4 rings (SSSR count). The minimum Gasteiger partial charge on any atom is -0.323 e. The van der Waals surface area contributed by atoms with Crippen molar-refractivity contribution in [2.75, 3.05) is 0 Å². The Morgan fingerprint density at radius 3 is 2.86 bits per heavy atom. The summed E-state index contributed by atoms with van der Waals surface area (Å²) < 4.78 is 17.1. The Hall–Kier alpha value is -1.64. The summed E-state index contributed by atoms with van der Waals surface area (Å²) in [6.45, 7) is 0. The first-order valence-electron chi connectivity index (χ1n) is 8.07. The van der Waals surface area contributed by atoms with Crippen LogP contribution in [0.25, 0.3) is 11.3 Å². The van der Waals surface area contributed by atoms with E-state index in [1.54, 1.807) is 0 Å². The molecular formula is C18H21FN2. The summed E-state index contributed by atoms with van der Waals surface area (Å²) in [7, 11) is 0. The third-order valence-corrected chi connectivity index (χ3v) is 5.21. The molecule has 0 N–H and O–H groups in total. The second kappa shape index (κ2) is 4.97. The van der Waals surface area contributed by atoms with E-state index < -0.39 is 5.67 Å². The van der Waals surface area contributed by atoms with E-state index in [-0.39, 0.29) is 6.04 Å². The Bertz CT molecular complexity index is 640. The summed E-state index contributed by atoms with van der Waals surface area (Å²) in [5, 5.41) is 0. The van der Waals surface area contributed by atoms with Gasteiger partial charge in [0.2, 0.25) is 0 Å². The number of rotatable bonds is 3. The maximum atomic E-state index is 14.9. The normalized spacial score (nSPS) is 22.8. The third-order valence-electron chi connectivity index (χ3n) is 5.21. The van der Waals surface area contributed by atoms with Crippen LogP contribution in [0.2, 0.25) is 0 Å². The van der Waals surface area contributed by atoms with Gasteiger partial charge in [-0.3, -0.25) is 0 Å². The second-order valence-corrected chi connectivity index (χ2v) is 6.54. The van der Waals surface area contributed by atoms with Crippen LogP contribution in [-0.4, -0.2) is 15.2 Å². The molecule has 2 heterocycles. The smallest absolute Gasteiger partial charge is 0.111 e. The number of benzene rings is 1. The summed E-state index contributed by atoms with van der Waals surface area (Å²) in [5.74, 6) is 0. The first-order chi connectivity index (χ1) is 10.3. The molecule has 1 fully saturated rings. The average Bonchev–Trinajstić information content (AvgIpc) is 3.07. The Morgan fingerprint density at radius 1 is 1.19 bits per heavy atom. The van der Waals surface area contributed by atoms with E-state index in [4.69, 9.17) is 0 Å². The van der Waals surface area contributed by atoms with Gasteiger partial charge in [0.15, 0.2) is 0 Å². The molecule has 0 unspecified atom stereocenters. The standard InChI is InChI=1S/C18H21FN2/c19-18(9-4-1-5-10-18)11-8-16-14-6-2-3-7-15(14)17-12-20-13-21(16)17/h2-3,6-7,12-13,16H,1,4-5,8-11H2/t16-/m1/s1. The van der Waals surface area contributed by atoms with E-state index in [0.717, 1.165) is 32.1 Å². The predicted octanol–water partition coefficient (Wildman–Crippen LogP) is 4.91. The van der Waals surface area contributed by atoms with E-state index in [2.05, 4.69) is 33.8 Å². The van der Waals surface area contributed by atoms with Crippen molar-refractivity contribution in [2.24, 2.45) is 0 Å². The van der Waals surface area contributed by atoms with Crippen LogP contribution in [0.5, 0.6) is 0 Å². The van der Waals surface area contributed by atoms with E-state index in [9.17, 15) is 4.39 Å². The number of hydrogen-bond acceptors (Lipinski definition) is 1. The van der Waals surface area contributed by atoms with Crippen LogP contribution in [0.1, 0.15) is 56.6 Å². The fourth-order valence-electron chi connectivity index (χ4n) is 4.06. The fourth-order valence-corrected chi connectivity index (χ4v) is 4.06. The Morgan fingerprint density at radius 2 is 2.00 bits per heavy atom. The van der Waals surface area contributed by atoms with Gasteiger partial charge in [0.05, 0.1) is 24.3 Å². The van der Waals surface area contributed by atoms with Gasteiger partial charge in [-0.1, -0.05) is 43.5 Å². The monoisotopic (exact) mass is 284 g/mol. The Kier molecular flexibility index (Phi) is 3.09. The largest absolute Gasteiger partial charge is 0.323 e. The van der Waals surface area contributed by atoms with E-state index in [1.807, 2.05) is 12.5 Å². The van der Waals surface area contributed by atoms with Gasteiger partial charge in [-0.2, -0.15) is 0 Å². The summed E-state index contributed by atoms with van der Waals surface area (Å²) in [4.78, 5) is 4.27. The molecule has 1 aliphatic heterocycles. The van der Waals surface area contributed by atoms with Gasteiger partial charge < -0.3 is 4.57 Å². The number of aromatic nitrogens is 2. The van der Waals surface area contributed by atoms with Gasteiger partial charge in [-0.15, -0.1) is 0 Å². The molecule has 3 heteroatoms.